The maximum atomic E-state index is 14.0. The Hall–Kier alpha value is -4.97. The van der Waals surface area contributed by atoms with E-state index in [0.29, 0.717) is 33.7 Å². The number of aromatic nitrogens is 2. The molecule has 1 aromatic heterocycles. The first-order valence-electron chi connectivity index (χ1n) is 10.7. The van der Waals surface area contributed by atoms with Crippen LogP contribution in [0.1, 0.15) is 33.6 Å². The summed E-state index contributed by atoms with van der Waals surface area (Å²) >= 11 is 0. The molecule has 9 heteroatoms. The molecule has 2 heterocycles. The number of ketones is 1. The van der Waals surface area contributed by atoms with Crippen molar-refractivity contribution in [1.29, 1.82) is 5.26 Å². The van der Waals surface area contributed by atoms with E-state index in [1.165, 1.54) is 19.2 Å². The molecule has 0 spiro atoms. The number of Topliss-reactive ketones (excluding diaryl/α,β-unsaturated/α-hetero) is 1. The molecule has 3 aromatic carbocycles. The standard InChI is InChI=1S/C26H19N5O4/c1-35-18-12-8-16(9-13-18)24(32)23-22(15-6-10-17(11-7-15)31(33)34)19(14-27)25(28)30-21-5-3-2-4-20(21)29-26(23)30/h2-13,22-23H,28H2,1H3. The van der Waals surface area contributed by atoms with Gasteiger partial charge in [-0.3, -0.25) is 19.5 Å². The van der Waals surface area contributed by atoms with Crippen molar-refractivity contribution in [2.75, 3.05) is 7.11 Å². The summed E-state index contributed by atoms with van der Waals surface area (Å²) in [5, 5.41) is 21.3. The molecule has 2 N–H and O–H groups in total. The van der Waals surface area contributed by atoms with Gasteiger partial charge in [0.1, 0.15) is 17.4 Å². The zero-order valence-corrected chi connectivity index (χ0v) is 18.6. The summed E-state index contributed by atoms with van der Waals surface area (Å²) in [7, 11) is 1.54. The lowest BCUT2D eigenvalue weighted by Crippen LogP contribution is -2.32. The second-order valence-electron chi connectivity index (χ2n) is 8.10. The lowest BCUT2D eigenvalue weighted by Gasteiger charge is -2.32. The van der Waals surface area contributed by atoms with Crippen molar-refractivity contribution in [3.05, 3.63) is 105 Å². The van der Waals surface area contributed by atoms with Crippen LogP contribution in [0.3, 0.4) is 0 Å². The van der Waals surface area contributed by atoms with E-state index in [1.807, 2.05) is 24.3 Å². The van der Waals surface area contributed by atoms with Crippen LogP contribution in [0.15, 0.2) is 78.4 Å². The summed E-state index contributed by atoms with van der Waals surface area (Å²) in [4.78, 5) is 29.4. The summed E-state index contributed by atoms with van der Waals surface area (Å²) in [6.45, 7) is 0. The SMILES string of the molecule is COc1ccc(C(=O)C2c3nc4ccccc4n3C(N)=C(C#N)C2c2ccc([N+](=O)[O-])cc2)cc1. The third kappa shape index (κ3) is 3.48. The highest BCUT2D eigenvalue weighted by atomic mass is 16.6. The number of fused-ring (bicyclic) bond motifs is 3. The van der Waals surface area contributed by atoms with Crippen molar-refractivity contribution in [2.45, 2.75) is 11.8 Å². The Bertz CT molecular complexity index is 1550. The van der Waals surface area contributed by atoms with Crippen LogP contribution in [0.4, 0.5) is 5.69 Å². The molecule has 0 radical (unpaired) electrons. The number of nitrogens with zero attached hydrogens (tertiary/aromatic N) is 4. The van der Waals surface area contributed by atoms with E-state index in [1.54, 1.807) is 41.0 Å². The van der Waals surface area contributed by atoms with E-state index in [0.717, 1.165) is 0 Å². The van der Waals surface area contributed by atoms with Gasteiger partial charge in [-0.2, -0.15) is 5.26 Å². The summed E-state index contributed by atoms with van der Waals surface area (Å²) in [6.07, 6.45) is 0. The monoisotopic (exact) mass is 465 g/mol. The fraction of sp³-hybridized carbons (Fsp3) is 0.115. The fourth-order valence-corrected chi connectivity index (χ4v) is 4.59. The smallest absolute Gasteiger partial charge is 0.269 e. The second-order valence-corrected chi connectivity index (χ2v) is 8.10. The Morgan fingerprint density at radius 2 is 1.80 bits per heavy atom. The summed E-state index contributed by atoms with van der Waals surface area (Å²) in [5.74, 6) is -0.733. The van der Waals surface area contributed by atoms with Crippen molar-refractivity contribution in [1.82, 2.24) is 9.55 Å². The van der Waals surface area contributed by atoms with Gasteiger partial charge >= 0.3 is 0 Å². The molecule has 2 unspecified atom stereocenters. The van der Waals surface area contributed by atoms with Crippen LogP contribution in [0.25, 0.3) is 16.9 Å². The minimum absolute atomic E-state index is 0.0923. The molecule has 5 rings (SSSR count). The molecule has 1 aliphatic heterocycles. The van der Waals surface area contributed by atoms with Crippen LogP contribution < -0.4 is 10.5 Å². The molecular formula is C26H19N5O4. The topological polar surface area (TPSA) is 137 Å². The number of ether oxygens (including phenoxy) is 1. The molecule has 35 heavy (non-hydrogen) atoms. The lowest BCUT2D eigenvalue weighted by molar-refractivity contribution is -0.384. The van der Waals surface area contributed by atoms with Crippen LogP contribution in [0.5, 0.6) is 5.75 Å². The first-order chi connectivity index (χ1) is 16.9. The largest absolute Gasteiger partial charge is 0.497 e. The second kappa shape index (κ2) is 8.43. The summed E-state index contributed by atoms with van der Waals surface area (Å²) in [6, 6.07) is 22.0. The predicted molar refractivity (Wildman–Crippen MR) is 129 cm³/mol. The van der Waals surface area contributed by atoms with Gasteiger partial charge in [0.05, 0.1) is 40.6 Å². The van der Waals surface area contributed by atoms with Gasteiger partial charge in [-0.25, -0.2) is 4.98 Å². The molecule has 172 valence electrons. The van der Waals surface area contributed by atoms with Crippen LogP contribution in [0, 0.1) is 21.4 Å². The van der Waals surface area contributed by atoms with Gasteiger partial charge in [0.25, 0.3) is 5.69 Å². The highest BCUT2D eigenvalue weighted by molar-refractivity contribution is 6.03. The maximum absolute atomic E-state index is 14.0. The van der Waals surface area contributed by atoms with Gasteiger partial charge in [-0.1, -0.05) is 24.3 Å². The number of methoxy groups -OCH3 is 1. The molecule has 0 fully saturated rings. The number of non-ortho nitro benzene ring substituents is 1. The Morgan fingerprint density at radius 3 is 2.43 bits per heavy atom. The van der Waals surface area contributed by atoms with Crippen LogP contribution in [0.2, 0.25) is 0 Å². The number of carbonyl (C=O) groups excluding carboxylic acids is 1. The first kappa shape index (κ1) is 21.9. The number of imidazole rings is 1. The number of nitrogens with two attached hydrogens (primary N) is 1. The molecular weight excluding hydrogens is 446 g/mol. The number of rotatable bonds is 5. The van der Waals surface area contributed by atoms with Crippen molar-refractivity contribution in [3.63, 3.8) is 0 Å². The number of benzene rings is 3. The minimum atomic E-state index is -0.890. The van der Waals surface area contributed by atoms with Gasteiger partial charge < -0.3 is 10.5 Å². The molecule has 0 amide bonds. The van der Waals surface area contributed by atoms with E-state index in [-0.39, 0.29) is 22.9 Å². The number of nitro groups is 1. The van der Waals surface area contributed by atoms with Gasteiger partial charge in [-0.15, -0.1) is 0 Å². The third-order valence-electron chi connectivity index (χ3n) is 6.27. The van der Waals surface area contributed by atoms with Crippen molar-refractivity contribution in [3.8, 4) is 11.8 Å². The Balaban J connectivity index is 1.76. The van der Waals surface area contributed by atoms with Gasteiger partial charge in [0.15, 0.2) is 5.78 Å². The summed E-state index contributed by atoms with van der Waals surface area (Å²) < 4.78 is 6.86. The van der Waals surface area contributed by atoms with Crippen molar-refractivity contribution >= 4 is 28.3 Å². The molecule has 9 nitrogen and oxygen atoms in total. The number of hydrogen-bond acceptors (Lipinski definition) is 7. The molecule has 1 aliphatic rings. The van der Waals surface area contributed by atoms with Crippen LogP contribution in [-0.2, 0) is 0 Å². The number of hydrogen-bond donors (Lipinski definition) is 1. The predicted octanol–water partition coefficient (Wildman–Crippen LogP) is 4.37. The molecule has 0 aliphatic carbocycles. The molecule has 2 atom stereocenters. The number of nitro benzene ring substituents is 1. The average molecular weight is 465 g/mol. The maximum Gasteiger partial charge on any atom is 0.269 e. The van der Waals surface area contributed by atoms with E-state index >= 15 is 0 Å². The number of nitriles is 1. The van der Waals surface area contributed by atoms with Crippen molar-refractivity contribution in [2.24, 2.45) is 5.73 Å². The Morgan fingerprint density at radius 1 is 1.11 bits per heavy atom. The Labute approximate surface area is 199 Å². The zero-order chi connectivity index (χ0) is 24.7. The highest BCUT2D eigenvalue weighted by Gasteiger charge is 2.43. The van der Waals surface area contributed by atoms with Gasteiger partial charge in [-0.05, 0) is 42.0 Å². The number of carbonyl (C=O) groups is 1. The average Bonchev–Trinajstić information content (AvgIpc) is 3.28. The molecule has 0 saturated carbocycles. The van der Waals surface area contributed by atoms with Gasteiger partial charge in [0, 0.05) is 23.6 Å². The van der Waals surface area contributed by atoms with Gasteiger partial charge in [0.2, 0.25) is 0 Å². The van der Waals surface area contributed by atoms with E-state index < -0.39 is 16.8 Å². The number of para-hydroxylation sites is 2. The zero-order valence-electron chi connectivity index (χ0n) is 18.6. The van der Waals surface area contributed by atoms with Crippen LogP contribution in [-0.4, -0.2) is 27.4 Å². The Kier molecular flexibility index (Phi) is 5.26. The minimum Gasteiger partial charge on any atom is -0.497 e. The quantitative estimate of drug-likeness (QED) is 0.262. The molecule has 4 aromatic rings. The van der Waals surface area contributed by atoms with E-state index in [2.05, 4.69) is 6.07 Å². The van der Waals surface area contributed by atoms with Crippen LogP contribution >= 0.6 is 0 Å². The number of allylic oxidation sites excluding steroid dienone is 1. The van der Waals surface area contributed by atoms with E-state index in [4.69, 9.17) is 15.5 Å². The van der Waals surface area contributed by atoms with E-state index in [9.17, 15) is 20.2 Å². The normalized spacial score (nSPS) is 17.0. The first-order valence-corrected chi connectivity index (χ1v) is 10.7. The van der Waals surface area contributed by atoms with Crippen molar-refractivity contribution < 1.29 is 14.5 Å². The molecule has 0 bridgehead atoms. The third-order valence-corrected chi connectivity index (χ3v) is 6.27. The molecule has 0 saturated heterocycles. The summed E-state index contributed by atoms with van der Waals surface area (Å²) in [5.41, 5.74) is 8.90. The lowest BCUT2D eigenvalue weighted by atomic mass is 9.75. The fourth-order valence-electron chi connectivity index (χ4n) is 4.59. The highest BCUT2D eigenvalue weighted by Crippen LogP contribution is 2.46.